The Morgan fingerprint density at radius 1 is 1.33 bits per heavy atom. The third kappa shape index (κ3) is 5.69. The molecular formula is C22H25F4N5O4S. The summed E-state index contributed by atoms with van der Waals surface area (Å²) in [5.74, 6) is -1.24. The molecule has 36 heavy (non-hydrogen) atoms. The first-order chi connectivity index (χ1) is 16.8. The minimum atomic E-state index is -4.59. The number of hydrogen-bond donors (Lipinski definition) is 1. The van der Waals surface area contributed by atoms with E-state index in [9.17, 15) is 26.4 Å². The number of fused-ring (bicyclic) bond motifs is 1. The topological polar surface area (TPSA) is 100 Å². The average Bonchev–Trinajstić information content (AvgIpc) is 3.11. The zero-order valence-electron chi connectivity index (χ0n) is 19.8. The number of rotatable bonds is 6. The van der Waals surface area contributed by atoms with E-state index in [1.54, 1.807) is 6.92 Å². The first-order valence-corrected chi connectivity index (χ1v) is 12.5. The predicted molar refractivity (Wildman–Crippen MR) is 124 cm³/mol. The van der Waals surface area contributed by atoms with Gasteiger partial charge < -0.3 is 9.64 Å². The zero-order valence-corrected chi connectivity index (χ0v) is 20.6. The second kappa shape index (κ2) is 9.81. The van der Waals surface area contributed by atoms with Crippen LogP contribution in [0.4, 0.5) is 17.6 Å². The summed E-state index contributed by atoms with van der Waals surface area (Å²) in [5, 5.41) is 2.95. The number of carbonyl (C=O) groups is 1. The molecule has 1 saturated heterocycles. The molecule has 1 amide bonds. The molecule has 0 spiro atoms. The fraction of sp³-hybridized carbons (Fsp3) is 0.500. The number of nitrogens with zero attached hydrogens (tertiary/aromatic N) is 4. The van der Waals surface area contributed by atoms with Gasteiger partial charge in [-0.1, -0.05) is 0 Å². The number of halogens is 4. The summed E-state index contributed by atoms with van der Waals surface area (Å²) >= 11 is 0. The van der Waals surface area contributed by atoms with Crippen molar-refractivity contribution in [2.45, 2.75) is 38.4 Å². The Labute approximate surface area is 206 Å². The number of nitrogens with one attached hydrogen (secondary N) is 1. The summed E-state index contributed by atoms with van der Waals surface area (Å²) < 4.78 is 76.3. The van der Waals surface area contributed by atoms with Crippen LogP contribution in [0.1, 0.15) is 35.9 Å². The molecule has 0 atom stereocenters. The molecule has 0 unspecified atom stereocenters. The summed E-state index contributed by atoms with van der Waals surface area (Å²) in [5.41, 5.74) is 0.119. The van der Waals surface area contributed by atoms with Crippen molar-refractivity contribution in [2.75, 3.05) is 31.7 Å². The van der Waals surface area contributed by atoms with E-state index >= 15 is 0 Å². The number of pyridine rings is 1. The molecular weight excluding hydrogens is 506 g/mol. The number of aromatic nitrogens is 2. The normalized spacial score (nSPS) is 18.6. The molecule has 1 fully saturated rings. The third-order valence-electron chi connectivity index (χ3n) is 5.98. The second-order valence-corrected chi connectivity index (χ2v) is 10.6. The number of alkyl halides is 3. The van der Waals surface area contributed by atoms with Crippen LogP contribution in [-0.4, -0.2) is 69.8 Å². The molecule has 0 aromatic carbocycles. The van der Waals surface area contributed by atoms with E-state index < -0.39 is 46.6 Å². The molecule has 1 N–H and O–H groups in total. The van der Waals surface area contributed by atoms with Gasteiger partial charge in [-0.25, -0.2) is 4.99 Å². The van der Waals surface area contributed by atoms with Crippen LogP contribution in [-0.2, 0) is 19.4 Å². The molecule has 2 aromatic heterocycles. The Morgan fingerprint density at radius 2 is 2.03 bits per heavy atom. The summed E-state index contributed by atoms with van der Waals surface area (Å²) in [6, 6.07) is 1.06. The predicted octanol–water partition coefficient (Wildman–Crippen LogP) is 3.13. The van der Waals surface area contributed by atoms with Crippen molar-refractivity contribution in [1.29, 1.82) is 0 Å². The van der Waals surface area contributed by atoms with Crippen molar-refractivity contribution in [2.24, 2.45) is 4.99 Å². The number of hydrogen-bond acceptors (Lipinski definition) is 7. The Hall–Kier alpha value is -3.00. The van der Waals surface area contributed by atoms with Crippen LogP contribution in [0.2, 0.25) is 0 Å². The van der Waals surface area contributed by atoms with Crippen LogP contribution in [0, 0.1) is 12.7 Å². The van der Waals surface area contributed by atoms with Crippen molar-refractivity contribution >= 4 is 28.4 Å². The molecule has 0 radical (unpaired) electrons. The van der Waals surface area contributed by atoms with Crippen molar-refractivity contribution in [3.63, 3.8) is 0 Å². The molecule has 2 aromatic rings. The fourth-order valence-corrected chi connectivity index (χ4v) is 5.40. The molecule has 2 aliphatic heterocycles. The van der Waals surface area contributed by atoms with E-state index in [1.807, 2.05) is 6.92 Å². The number of imidazole rings is 1. The van der Waals surface area contributed by atoms with E-state index in [0.717, 1.165) is 6.07 Å². The number of aryl methyl sites for hydroxylation is 1. The van der Waals surface area contributed by atoms with E-state index in [2.05, 4.69) is 15.3 Å². The Kier molecular flexibility index (Phi) is 7.10. The number of ether oxygens (including phenoxy) is 2. The molecule has 2 aliphatic rings. The molecule has 14 heteroatoms. The minimum absolute atomic E-state index is 0.0901. The van der Waals surface area contributed by atoms with Gasteiger partial charge in [0.05, 0.1) is 6.54 Å². The van der Waals surface area contributed by atoms with E-state index in [-0.39, 0.29) is 29.5 Å². The molecule has 0 bridgehead atoms. The average molecular weight is 532 g/mol. The van der Waals surface area contributed by atoms with Crippen LogP contribution in [0.15, 0.2) is 29.0 Å². The van der Waals surface area contributed by atoms with E-state index in [4.69, 9.17) is 9.47 Å². The third-order valence-corrected chi connectivity index (χ3v) is 7.30. The van der Waals surface area contributed by atoms with Gasteiger partial charge in [-0.3, -0.25) is 0 Å². The molecule has 9 nitrogen and oxygen atoms in total. The quantitative estimate of drug-likeness (QED) is 0.351. The Balaban J connectivity index is 1.61. The van der Waals surface area contributed by atoms with Gasteiger partial charge in [0.25, 0.3) is 11.8 Å². The van der Waals surface area contributed by atoms with Gasteiger partial charge >= 0.3 is 140 Å². The van der Waals surface area contributed by atoms with Crippen LogP contribution in [0.5, 0.6) is 5.75 Å². The van der Waals surface area contributed by atoms with E-state index in [0.29, 0.717) is 30.0 Å². The van der Waals surface area contributed by atoms with Gasteiger partial charge in [-0.2, -0.15) is 13.2 Å². The summed E-state index contributed by atoms with van der Waals surface area (Å²) in [6.07, 6.45) is -0.865. The van der Waals surface area contributed by atoms with Crippen LogP contribution in [0.25, 0.3) is 5.65 Å². The summed E-state index contributed by atoms with van der Waals surface area (Å²) in [6.45, 7) is 2.13. The number of aliphatic imine (C=N–C) groups is 1. The Morgan fingerprint density at radius 3 is 2.69 bits per heavy atom. The zero-order chi connectivity index (χ0) is 26.3. The standard InChI is InChI=1S/C22H25F4N5O4S/c1-13-17(18(32)29-21(2)4-8-36(33)9-5-21)28-16-10-14(23)15(11-31(13)16)35-20-19(27-6-7-30(20)3)34-12-22(24,25)26/h6,10-11H,4-5,7-9,12H2,1-3H3,(H,29,32). The first kappa shape index (κ1) is 26.1. The van der Waals surface area contributed by atoms with Gasteiger partial charge in [-0.05, 0) is 0 Å². The molecule has 196 valence electrons. The summed E-state index contributed by atoms with van der Waals surface area (Å²) in [7, 11) is 0.638. The monoisotopic (exact) mass is 531 g/mol. The van der Waals surface area contributed by atoms with Gasteiger partial charge in [0.15, 0.2) is 6.61 Å². The maximum absolute atomic E-state index is 14.9. The van der Waals surface area contributed by atoms with Gasteiger partial charge in [-0.15, -0.1) is 0 Å². The molecule has 0 aliphatic carbocycles. The van der Waals surface area contributed by atoms with E-state index in [1.165, 1.54) is 28.8 Å². The maximum atomic E-state index is 14.9. The van der Waals surface area contributed by atoms with Crippen LogP contribution >= 0.6 is 0 Å². The van der Waals surface area contributed by atoms with Crippen molar-refractivity contribution < 1.29 is 35.9 Å². The van der Waals surface area contributed by atoms with Crippen molar-refractivity contribution in [1.82, 2.24) is 19.6 Å². The van der Waals surface area contributed by atoms with Gasteiger partial charge in [0.2, 0.25) is 0 Å². The van der Waals surface area contributed by atoms with Crippen LogP contribution in [0.3, 0.4) is 0 Å². The summed E-state index contributed by atoms with van der Waals surface area (Å²) in [4.78, 5) is 22.5. The van der Waals surface area contributed by atoms with Crippen molar-refractivity contribution in [3.05, 3.63) is 41.2 Å². The fourth-order valence-electron chi connectivity index (χ4n) is 3.84. The SMILES string of the molecule is Cc1c(C(=O)NC2(C)CC[S-](#[O+])CC2)nc2cc(F)c(OC3=C(OCC(F)(F)F)N=CCN3C)cn12. The number of amides is 1. The molecule has 0 saturated carbocycles. The second-order valence-electron chi connectivity index (χ2n) is 8.93. The van der Waals surface area contributed by atoms with Gasteiger partial charge in [0.1, 0.15) is 0 Å². The van der Waals surface area contributed by atoms with Crippen LogP contribution < -0.4 is 10.1 Å². The first-order valence-electron chi connectivity index (χ1n) is 11.1. The molecule has 4 heterocycles. The van der Waals surface area contributed by atoms with Gasteiger partial charge in [0, 0.05) is 13.3 Å². The number of carbonyl (C=O) groups excluding carboxylic acids is 1. The molecule has 4 rings (SSSR count). The Bertz CT molecular complexity index is 1320. The van der Waals surface area contributed by atoms with Crippen molar-refractivity contribution in [3.8, 4) is 5.75 Å².